The van der Waals surface area contributed by atoms with Gasteiger partial charge >= 0.3 is 0 Å². The fourth-order valence-electron chi connectivity index (χ4n) is 2.94. The topological polar surface area (TPSA) is 48.3 Å². The molecule has 0 spiro atoms. The lowest BCUT2D eigenvalue weighted by Gasteiger charge is -2.16. The van der Waals surface area contributed by atoms with E-state index < -0.39 is 0 Å². The van der Waals surface area contributed by atoms with Gasteiger partial charge in [-0.3, -0.25) is 0 Å². The van der Waals surface area contributed by atoms with Gasteiger partial charge in [0.2, 0.25) is 0 Å². The number of benzene rings is 2. The molecule has 0 aliphatic heterocycles. The van der Waals surface area contributed by atoms with Crippen LogP contribution in [0.5, 0.6) is 11.5 Å². The Balaban J connectivity index is 1.61. The van der Waals surface area contributed by atoms with E-state index in [9.17, 15) is 0 Å². The number of imidazole rings is 1. The molecule has 5 nitrogen and oxygen atoms in total. The third kappa shape index (κ3) is 6.38. The minimum Gasteiger partial charge on any atom is -0.490 e. The Morgan fingerprint density at radius 3 is 2.60 bits per heavy atom. The van der Waals surface area contributed by atoms with Gasteiger partial charge in [0.15, 0.2) is 11.5 Å². The second-order valence-electron chi connectivity index (χ2n) is 6.64. The van der Waals surface area contributed by atoms with E-state index in [4.69, 9.17) is 32.7 Å². The molecule has 0 atom stereocenters. The van der Waals surface area contributed by atoms with Crippen molar-refractivity contribution in [2.45, 2.75) is 33.0 Å². The molecule has 160 valence electrons. The highest BCUT2D eigenvalue weighted by Gasteiger charge is 2.13. The quantitative estimate of drug-likeness (QED) is 0.315. The molecule has 0 aliphatic carbocycles. The number of hydrogen-bond donors (Lipinski definition) is 1. The second kappa shape index (κ2) is 11.6. The summed E-state index contributed by atoms with van der Waals surface area (Å²) >= 11 is 16.1. The summed E-state index contributed by atoms with van der Waals surface area (Å²) in [5, 5.41) is 4.63. The van der Waals surface area contributed by atoms with Gasteiger partial charge in [0.25, 0.3) is 0 Å². The van der Waals surface area contributed by atoms with E-state index in [1.807, 2.05) is 37.6 Å². The standard InChI is InChI=1S/C22H24BrCl2N3O2/c1-2-29-21-11-16(13-26-7-4-9-28-10-8-27-15-28)18(23)12-22(21)30-14-17-19(24)5-3-6-20(17)25/h3,5-6,8,10-12,15,26H,2,4,7,9,13-14H2,1H3. The van der Waals surface area contributed by atoms with E-state index in [1.165, 1.54) is 0 Å². The maximum atomic E-state index is 6.25. The molecule has 30 heavy (non-hydrogen) atoms. The van der Waals surface area contributed by atoms with Crippen LogP contribution < -0.4 is 14.8 Å². The van der Waals surface area contributed by atoms with E-state index in [0.717, 1.165) is 41.7 Å². The average molecular weight is 513 g/mol. The molecule has 1 heterocycles. The molecule has 0 saturated carbocycles. The third-order valence-corrected chi connectivity index (χ3v) is 5.94. The molecule has 1 aromatic heterocycles. The number of nitrogens with zero attached hydrogens (tertiary/aromatic N) is 2. The number of halogens is 3. The SMILES string of the molecule is CCOc1cc(CNCCCn2ccnc2)c(Br)cc1OCc1c(Cl)cccc1Cl. The summed E-state index contributed by atoms with van der Waals surface area (Å²) in [6.07, 6.45) is 6.62. The fourth-order valence-corrected chi connectivity index (χ4v) is 3.91. The summed E-state index contributed by atoms with van der Waals surface area (Å²) in [4.78, 5) is 4.06. The first-order valence-corrected chi connectivity index (χ1v) is 11.3. The molecule has 0 unspecified atom stereocenters. The Hall–Kier alpha value is -1.73. The van der Waals surface area contributed by atoms with E-state index in [2.05, 4.69) is 30.8 Å². The molecule has 1 N–H and O–H groups in total. The van der Waals surface area contributed by atoms with E-state index >= 15 is 0 Å². The fraction of sp³-hybridized carbons (Fsp3) is 0.318. The monoisotopic (exact) mass is 511 g/mol. The lowest BCUT2D eigenvalue weighted by molar-refractivity contribution is 0.269. The van der Waals surface area contributed by atoms with Gasteiger partial charge in [-0.05, 0) is 49.7 Å². The highest BCUT2D eigenvalue weighted by atomic mass is 79.9. The van der Waals surface area contributed by atoms with Crippen molar-refractivity contribution in [3.05, 3.63) is 74.7 Å². The number of ether oxygens (including phenoxy) is 2. The van der Waals surface area contributed by atoms with Gasteiger partial charge in [0.1, 0.15) is 6.61 Å². The second-order valence-corrected chi connectivity index (χ2v) is 8.31. The average Bonchev–Trinajstić information content (AvgIpc) is 3.23. The minimum absolute atomic E-state index is 0.261. The molecule has 0 aliphatic rings. The molecular weight excluding hydrogens is 489 g/mol. The van der Waals surface area contributed by atoms with Gasteiger partial charge in [-0.15, -0.1) is 0 Å². The smallest absolute Gasteiger partial charge is 0.162 e. The van der Waals surface area contributed by atoms with Crippen molar-refractivity contribution in [2.75, 3.05) is 13.2 Å². The lowest BCUT2D eigenvalue weighted by Crippen LogP contribution is -2.16. The molecule has 3 aromatic rings. The van der Waals surface area contributed by atoms with Crippen LogP contribution in [0.25, 0.3) is 0 Å². The number of aryl methyl sites for hydroxylation is 1. The van der Waals surface area contributed by atoms with Crippen LogP contribution in [-0.4, -0.2) is 22.7 Å². The molecule has 2 aromatic carbocycles. The first kappa shape index (κ1) is 22.9. The van der Waals surface area contributed by atoms with Crippen LogP contribution in [-0.2, 0) is 19.7 Å². The summed E-state index contributed by atoms with van der Waals surface area (Å²) in [5.41, 5.74) is 1.85. The van der Waals surface area contributed by atoms with Gasteiger partial charge in [0, 0.05) is 45.6 Å². The largest absolute Gasteiger partial charge is 0.490 e. The van der Waals surface area contributed by atoms with Gasteiger partial charge in [-0.1, -0.05) is 45.2 Å². The third-order valence-electron chi connectivity index (χ3n) is 4.49. The van der Waals surface area contributed by atoms with Crippen LogP contribution in [0.2, 0.25) is 10.0 Å². The number of hydrogen-bond acceptors (Lipinski definition) is 4. The van der Waals surface area contributed by atoms with Gasteiger partial charge in [-0.2, -0.15) is 0 Å². The highest BCUT2D eigenvalue weighted by Crippen LogP contribution is 2.35. The van der Waals surface area contributed by atoms with Crippen molar-refractivity contribution in [3.8, 4) is 11.5 Å². The van der Waals surface area contributed by atoms with Crippen LogP contribution in [0.15, 0.2) is 53.5 Å². The summed E-state index contributed by atoms with van der Waals surface area (Å²) in [5.74, 6) is 1.34. The number of rotatable bonds is 11. The summed E-state index contributed by atoms with van der Waals surface area (Å²) in [7, 11) is 0. The highest BCUT2D eigenvalue weighted by molar-refractivity contribution is 9.10. The van der Waals surface area contributed by atoms with Crippen molar-refractivity contribution < 1.29 is 9.47 Å². The molecule has 3 rings (SSSR count). The van der Waals surface area contributed by atoms with Crippen LogP contribution in [0.3, 0.4) is 0 Å². The first-order valence-electron chi connectivity index (χ1n) is 9.75. The maximum Gasteiger partial charge on any atom is 0.162 e. The Labute approximate surface area is 195 Å². The zero-order valence-electron chi connectivity index (χ0n) is 16.7. The van der Waals surface area contributed by atoms with Crippen LogP contribution in [0, 0.1) is 0 Å². The maximum absolute atomic E-state index is 6.25. The summed E-state index contributed by atoms with van der Waals surface area (Å²) in [6, 6.07) is 9.34. The molecule has 0 amide bonds. The Kier molecular flexibility index (Phi) is 8.88. The zero-order valence-corrected chi connectivity index (χ0v) is 19.8. The number of aromatic nitrogens is 2. The molecule has 0 fully saturated rings. The summed E-state index contributed by atoms with van der Waals surface area (Å²) in [6.45, 7) is 5.32. The van der Waals surface area contributed by atoms with Crippen molar-refractivity contribution in [2.24, 2.45) is 0 Å². The Morgan fingerprint density at radius 1 is 1.13 bits per heavy atom. The Morgan fingerprint density at radius 2 is 1.90 bits per heavy atom. The number of nitrogens with one attached hydrogen (secondary N) is 1. The normalized spacial score (nSPS) is 10.9. The minimum atomic E-state index is 0.261. The Bertz CT molecular complexity index is 932. The van der Waals surface area contributed by atoms with Crippen molar-refractivity contribution in [3.63, 3.8) is 0 Å². The van der Waals surface area contributed by atoms with E-state index in [0.29, 0.717) is 28.2 Å². The van der Waals surface area contributed by atoms with Gasteiger partial charge < -0.3 is 19.4 Å². The lowest BCUT2D eigenvalue weighted by atomic mass is 10.2. The molecule has 8 heteroatoms. The van der Waals surface area contributed by atoms with Gasteiger partial charge in [-0.25, -0.2) is 4.98 Å². The van der Waals surface area contributed by atoms with Crippen molar-refractivity contribution >= 4 is 39.1 Å². The molecule has 0 saturated heterocycles. The first-order chi connectivity index (χ1) is 14.6. The molecule has 0 bridgehead atoms. The van der Waals surface area contributed by atoms with E-state index in [1.54, 1.807) is 18.3 Å². The van der Waals surface area contributed by atoms with Crippen molar-refractivity contribution in [1.82, 2.24) is 14.9 Å². The zero-order chi connectivity index (χ0) is 21.3. The molecule has 0 radical (unpaired) electrons. The van der Waals surface area contributed by atoms with Crippen molar-refractivity contribution in [1.29, 1.82) is 0 Å². The predicted molar refractivity (Wildman–Crippen MR) is 125 cm³/mol. The molecular formula is C22H24BrCl2N3O2. The summed E-state index contributed by atoms with van der Waals surface area (Å²) < 4.78 is 14.8. The van der Waals surface area contributed by atoms with Gasteiger partial charge in [0.05, 0.1) is 12.9 Å². The van der Waals surface area contributed by atoms with E-state index in [-0.39, 0.29) is 6.61 Å². The van der Waals surface area contributed by atoms with Crippen LogP contribution in [0.1, 0.15) is 24.5 Å². The van der Waals surface area contributed by atoms with Crippen LogP contribution in [0.4, 0.5) is 0 Å². The predicted octanol–water partition coefficient (Wildman–Crippen LogP) is 6.11. The van der Waals surface area contributed by atoms with Crippen LogP contribution >= 0.6 is 39.1 Å².